The lowest BCUT2D eigenvalue weighted by molar-refractivity contribution is 0.761. The van der Waals surface area contributed by atoms with Crippen LogP contribution >= 0.6 is 0 Å². The summed E-state index contributed by atoms with van der Waals surface area (Å²) < 4.78 is 1.79. The number of nitrogens with zero attached hydrogens (tertiary/aromatic N) is 3. The number of hydrogen-bond donors (Lipinski definition) is 2. The van der Waals surface area contributed by atoms with Crippen LogP contribution < -0.4 is 5.73 Å². The number of aromatic nitrogens is 4. The van der Waals surface area contributed by atoms with E-state index in [2.05, 4.69) is 15.3 Å². The Morgan fingerprint density at radius 3 is 2.69 bits per heavy atom. The summed E-state index contributed by atoms with van der Waals surface area (Å²) >= 11 is 0. The number of aromatic amines is 1. The molecule has 0 fully saturated rings. The first-order valence-electron chi connectivity index (χ1n) is 3.99. The molecule has 5 heteroatoms. The molecule has 0 bridgehead atoms. The number of rotatable bonds is 1. The summed E-state index contributed by atoms with van der Waals surface area (Å²) in [6.45, 7) is 1.95. The van der Waals surface area contributed by atoms with Crippen LogP contribution in [0.4, 0.5) is 5.82 Å². The van der Waals surface area contributed by atoms with Gasteiger partial charge >= 0.3 is 0 Å². The average molecular weight is 177 g/mol. The van der Waals surface area contributed by atoms with Gasteiger partial charge in [-0.15, -0.1) is 0 Å². The van der Waals surface area contributed by atoms with Crippen molar-refractivity contribution in [1.82, 2.24) is 20.0 Å². The molecule has 13 heavy (non-hydrogen) atoms. The van der Waals surface area contributed by atoms with Gasteiger partial charge in [-0.1, -0.05) is 0 Å². The molecule has 0 aliphatic carbocycles. The van der Waals surface area contributed by atoms with Gasteiger partial charge in [0.05, 0.1) is 17.1 Å². The molecule has 0 aliphatic rings. The lowest BCUT2D eigenvalue weighted by atomic mass is 10.3. The fourth-order valence-electron chi connectivity index (χ4n) is 1.33. The second-order valence-corrected chi connectivity index (χ2v) is 3.00. The molecule has 0 atom stereocenters. The second-order valence-electron chi connectivity index (χ2n) is 3.00. The van der Waals surface area contributed by atoms with E-state index in [1.54, 1.807) is 10.7 Å². The fourth-order valence-corrected chi connectivity index (χ4v) is 1.33. The highest BCUT2D eigenvalue weighted by Gasteiger charge is 2.06. The van der Waals surface area contributed by atoms with Crippen molar-refractivity contribution in [1.29, 1.82) is 0 Å². The van der Waals surface area contributed by atoms with Crippen molar-refractivity contribution in [3.05, 3.63) is 17.8 Å². The zero-order chi connectivity index (χ0) is 9.42. The van der Waals surface area contributed by atoms with Crippen molar-refractivity contribution >= 4 is 5.82 Å². The van der Waals surface area contributed by atoms with Gasteiger partial charge in [0.2, 0.25) is 0 Å². The molecule has 0 aromatic carbocycles. The van der Waals surface area contributed by atoms with E-state index < -0.39 is 0 Å². The van der Waals surface area contributed by atoms with E-state index in [9.17, 15) is 0 Å². The van der Waals surface area contributed by atoms with Gasteiger partial charge in [0.1, 0.15) is 5.82 Å². The summed E-state index contributed by atoms with van der Waals surface area (Å²) in [4.78, 5) is 0. The third-order valence-corrected chi connectivity index (χ3v) is 1.88. The molecule has 0 radical (unpaired) electrons. The normalized spacial score (nSPS) is 10.6. The molecule has 0 unspecified atom stereocenters. The number of anilines is 1. The smallest absolute Gasteiger partial charge is 0.145 e. The molecule has 0 saturated carbocycles. The molecule has 0 saturated heterocycles. The summed E-state index contributed by atoms with van der Waals surface area (Å²) in [5.41, 5.74) is 8.36. The zero-order valence-corrected chi connectivity index (χ0v) is 7.57. The number of nitrogen functional groups attached to an aromatic ring is 1. The fraction of sp³-hybridized carbons (Fsp3) is 0.250. The molecule has 2 heterocycles. The quantitative estimate of drug-likeness (QED) is 0.673. The number of nitrogens with one attached hydrogen (secondary N) is 1. The summed E-state index contributed by atoms with van der Waals surface area (Å²) in [5, 5.41) is 10.9. The molecular formula is C8H11N5. The lowest BCUT2D eigenvalue weighted by Gasteiger charge is -1.95. The van der Waals surface area contributed by atoms with Crippen molar-refractivity contribution in [2.45, 2.75) is 6.92 Å². The van der Waals surface area contributed by atoms with E-state index >= 15 is 0 Å². The Labute approximate surface area is 75.6 Å². The Hall–Kier alpha value is -1.78. The predicted molar refractivity (Wildman–Crippen MR) is 49.9 cm³/mol. The zero-order valence-electron chi connectivity index (χ0n) is 7.57. The molecule has 68 valence electrons. The highest BCUT2D eigenvalue weighted by molar-refractivity contribution is 5.58. The van der Waals surface area contributed by atoms with Gasteiger partial charge in [0, 0.05) is 13.1 Å². The molecule has 2 aromatic rings. The molecule has 3 N–H and O–H groups in total. The van der Waals surface area contributed by atoms with Crippen LogP contribution in [0.25, 0.3) is 11.4 Å². The van der Waals surface area contributed by atoms with Gasteiger partial charge in [-0.3, -0.25) is 9.78 Å². The third-order valence-electron chi connectivity index (χ3n) is 1.88. The minimum Gasteiger partial charge on any atom is -0.382 e. The number of hydrogen-bond acceptors (Lipinski definition) is 3. The van der Waals surface area contributed by atoms with Gasteiger partial charge in [0.15, 0.2) is 0 Å². The van der Waals surface area contributed by atoms with Crippen LogP contribution in [-0.2, 0) is 7.05 Å². The Balaban J connectivity index is 2.51. The Morgan fingerprint density at radius 1 is 1.46 bits per heavy atom. The maximum atomic E-state index is 5.50. The van der Waals surface area contributed by atoms with Crippen molar-refractivity contribution < 1.29 is 0 Å². The van der Waals surface area contributed by atoms with Gasteiger partial charge in [-0.05, 0) is 13.0 Å². The Bertz CT molecular complexity index is 425. The van der Waals surface area contributed by atoms with E-state index in [1.807, 2.05) is 20.0 Å². The SMILES string of the molecule is Cc1cc(-c2cc(N)n[nH]2)n(C)n1. The van der Waals surface area contributed by atoms with Crippen LogP contribution in [-0.4, -0.2) is 20.0 Å². The minimum atomic E-state index is 0.494. The van der Waals surface area contributed by atoms with Crippen molar-refractivity contribution in [2.24, 2.45) is 7.05 Å². The molecule has 0 spiro atoms. The molecule has 2 rings (SSSR count). The molecule has 5 nitrogen and oxygen atoms in total. The van der Waals surface area contributed by atoms with Gasteiger partial charge in [-0.25, -0.2) is 0 Å². The topological polar surface area (TPSA) is 72.5 Å². The predicted octanol–water partition coefficient (Wildman–Crippen LogP) is 0.701. The standard InChI is InChI=1S/C8H11N5/c1-5-3-7(13(2)12-5)6-4-8(9)11-10-6/h3-4H,1-2H3,(H3,9,10,11). The van der Waals surface area contributed by atoms with E-state index in [0.717, 1.165) is 17.1 Å². The Kier molecular flexibility index (Phi) is 1.58. The summed E-state index contributed by atoms with van der Waals surface area (Å²) in [6, 6.07) is 3.77. The van der Waals surface area contributed by atoms with Gasteiger partial charge in [-0.2, -0.15) is 10.2 Å². The van der Waals surface area contributed by atoms with E-state index in [4.69, 9.17) is 5.73 Å². The van der Waals surface area contributed by atoms with Crippen LogP contribution in [0.15, 0.2) is 12.1 Å². The average Bonchev–Trinajstić information content (AvgIpc) is 2.58. The number of nitrogens with two attached hydrogens (primary N) is 1. The maximum Gasteiger partial charge on any atom is 0.145 e. The van der Waals surface area contributed by atoms with Crippen LogP contribution in [0.2, 0.25) is 0 Å². The number of H-pyrrole nitrogens is 1. The molecular weight excluding hydrogens is 166 g/mol. The van der Waals surface area contributed by atoms with E-state index in [1.165, 1.54) is 0 Å². The summed E-state index contributed by atoms with van der Waals surface area (Å²) in [7, 11) is 1.89. The summed E-state index contributed by atoms with van der Waals surface area (Å²) in [6.07, 6.45) is 0. The Morgan fingerprint density at radius 2 is 2.23 bits per heavy atom. The van der Waals surface area contributed by atoms with Crippen molar-refractivity contribution in [3.8, 4) is 11.4 Å². The summed E-state index contributed by atoms with van der Waals surface area (Å²) in [5.74, 6) is 0.494. The lowest BCUT2D eigenvalue weighted by Crippen LogP contribution is -1.93. The highest BCUT2D eigenvalue weighted by atomic mass is 15.3. The van der Waals surface area contributed by atoms with Crippen LogP contribution in [0, 0.1) is 6.92 Å². The van der Waals surface area contributed by atoms with Gasteiger partial charge in [0.25, 0.3) is 0 Å². The molecule has 2 aromatic heterocycles. The minimum absolute atomic E-state index is 0.494. The molecule has 0 amide bonds. The first-order valence-corrected chi connectivity index (χ1v) is 3.99. The van der Waals surface area contributed by atoms with Gasteiger partial charge < -0.3 is 5.73 Å². The van der Waals surface area contributed by atoms with Crippen LogP contribution in [0.3, 0.4) is 0 Å². The number of aryl methyl sites for hydroxylation is 2. The molecule has 0 aliphatic heterocycles. The van der Waals surface area contributed by atoms with E-state index in [-0.39, 0.29) is 0 Å². The van der Waals surface area contributed by atoms with Crippen LogP contribution in [0.1, 0.15) is 5.69 Å². The third kappa shape index (κ3) is 1.28. The first kappa shape index (κ1) is 7.85. The second kappa shape index (κ2) is 2.62. The van der Waals surface area contributed by atoms with E-state index in [0.29, 0.717) is 5.82 Å². The monoisotopic (exact) mass is 177 g/mol. The largest absolute Gasteiger partial charge is 0.382 e. The maximum absolute atomic E-state index is 5.50. The van der Waals surface area contributed by atoms with Crippen molar-refractivity contribution in [2.75, 3.05) is 5.73 Å². The first-order chi connectivity index (χ1) is 6.16. The van der Waals surface area contributed by atoms with Crippen molar-refractivity contribution in [3.63, 3.8) is 0 Å². The highest BCUT2D eigenvalue weighted by Crippen LogP contribution is 2.18. The van der Waals surface area contributed by atoms with Crippen LogP contribution in [0.5, 0.6) is 0 Å².